The van der Waals surface area contributed by atoms with E-state index in [2.05, 4.69) is 0 Å². The summed E-state index contributed by atoms with van der Waals surface area (Å²) in [5.74, 6) is -0.719. The first-order valence-corrected chi connectivity index (χ1v) is 5.82. The highest BCUT2D eigenvalue weighted by atomic mass is 16.6. The molecule has 0 amide bonds. The molecular weight excluding hydrogens is 264 g/mol. The van der Waals surface area contributed by atoms with Crippen molar-refractivity contribution in [3.8, 4) is 11.5 Å². The molecule has 20 heavy (non-hydrogen) atoms. The molecule has 0 N–H and O–H groups in total. The van der Waals surface area contributed by atoms with E-state index in [1.165, 1.54) is 32.0 Å². The number of carbonyl (C=O) groups excluding carboxylic acids is 2. The zero-order chi connectivity index (χ0) is 14.9. The second-order valence-electron chi connectivity index (χ2n) is 4.20. The molecule has 0 aliphatic rings. The Bertz CT molecular complexity index is 756. The van der Waals surface area contributed by atoms with Crippen LogP contribution in [0.4, 0.5) is 0 Å². The molecule has 0 fully saturated rings. The van der Waals surface area contributed by atoms with Crippen molar-refractivity contribution in [2.45, 2.75) is 20.8 Å². The quantitative estimate of drug-likeness (QED) is 0.616. The predicted molar refractivity (Wildman–Crippen MR) is 69.8 cm³/mol. The zero-order valence-electron chi connectivity index (χ0n) is 11.2. The Labute approximate surface area is 113 Å². The summed E-state index contributed by atoms with van der Waals surface area (Å²) < 4.78 is 15.3. The van der Waals surface area contributed by atoms with Crippen molar-refractivity contribution in [3.63, 3.8) is 0 Å². The average molecular weight is 276 g/mol. The van der Waals surface area contributed by atoms with E-state index >= 15 is 0 Å². The summed E-state index contributed by atoms with van der Waals surface area (Å²) in [5.41, 5.74) is -0.0197. The van der Waals surface area contributed by atoms with Crippen LogP contribution < -0.4 is 14.9 Å². The van der Waals surface area contributed by atoms with Gasteiger partial charge in [0.05, 0.1) is 5.39 Å². The summed E-state index contributed by atoms with van der Waals surface area (Å²) in [6.45, 7) is 4.06. The smallest absolute Gasteiger partial charge is 0.308 e. The van der Waals surface area contributed by atoms with Crippen LogP contribution in [0.15, 0.2) is 27.4 Å². The molecule has 0 unspecified atom stereocenters. The second-order valence-corrected chi connectivity index (χ2v) is 4.20. The summed E-state index contributed by atoms with van der Waals surface area (Å²) in [5, 5.41) is 0.239. The number of rotatable bonds is 2. The summed E-state index contributed by atoms with van der Waals surface area (Å²) >= 11 is 0. The fraction of sp³-hybridized carbons (Fsp3) is 0.214. The molecule has 6 nitrogen and oxygen atoms in total. The third kappa shape index (κ3) is 2.85. The first-order chi connectivity index (χ1) is 9.36. The lowest BCUT2D eigenvalue weighted by Crippen LogP contribution is -2.08. The van der Waals surface area contributed by atoms with Crippen LogP contribution in [-0.4, -0.2) is 11.9 Å². The van der Waals surface area contributed by atoms with Gasteiger partial charge in [0.15, 0.2) is 16.9 Å². The summed E-state index contributed by atoms with van der Waals surface area (Å²) in [6.07, 6.45) is 0. The molecule has 0 aliphatic heterocycles. The van der Waals surface area contributed by atoms with E-state index in [4.69, 9.17) is 13.9 Å². The van der Waals surface area contributed by atoms with E-state index in [1.807, 2.05) is 0 Å². The van der Waals surface area contributed by atoms with Crippen LogP contribution >= 0.6 is 0 Å². The number of esters is 2. The molecule has 1 aromatic carbocycles. The van der Waals surface area contributed by atoms with Gasteiger partial charge in [0.1, 0.15) is 11.3 Å². The topological polar surface area (TPSA) is 82.8 Å². The van der Waals surface area contributed by atoms with Crippen molar-refractivity contribution >= 4 is 22.9 Å². The van der Waals surface area contributed by atoms with E-state index in [1.54, 1.807) is 6.92 Å². The fourth-order valence-electron chi connectivity index (χ4n) is 1.75. The van der Waals surface area contributed by atoms with Gasteiger partial charge in [-0.15, -0.1) is 0 Å². The molecule has 1 heterocycles. The number of carbonyl (C=O) groups is 2. The van der Waals surface area contributed by atoms with Gasteiger partial charge >= 0.3 is 11.9 Å². The SMILES string of the molecule is CC(=O)Oc1cc2oc(C)cc(=O)c2cc1OC(C)=O. The number of fused-ring (bicyclic) bond motifs is 1. The predicted octanol–water partition coefficient (Wildman–Crippen LogP) is 1.95. The maximum atomic E-state index is 11.9. The molecule has 0 saturated heterocycles. The molecule has 0 atom stereocenters. The van der Waals surface area contributed by atoms with Gasteiger partial charge in [-0.25, -0.2) is 0 Å². The Morgan fingerprint density at radius 2 is 1.55 bits per heavy atom. The Morgan fingerprint density at radius 3 is 2.10 bits per heavy atom. The summed E-state index contributed by atoms with van der Waals surface area (Å²) in [6, 6.07) is 4.00. The minimum absolute atomic E-state index is 0.00338. The molecule has 1 aromatic heterocycles. The lowest BCUT2D eigenvalue weighted by Gasteiger charge is -2.09. The number of aryl methyl sites for hydroxylation is 1. The lowest BCUT2D eigenvalue weighted by atomic mass is 10.2. The van der Waals surface area contributed by atoms with Crippen LogP contribution in [0.5, 0.6) is 11.5 Å². The minimum Gasteiger partial charge on any atom is -0.461 e. The van der Waals surface area contributed by atoms with Crippen molar-refractivity contribution in [3.05, 3.63) is 34.2 Å². The minimum atomic E-state index is -0.589. The van der Waals surface area contributed by atoms with Crippen LogP contribution in [0.25, 0.3) is 11.0 Å². The van der Waals surface area contributed by atoms with Crippen molar-refractivity contribution in [2.24, 2.45) is 0 Å². The largest absolute Gasteiger partial charge is 0.461 e. The number of hydrogen-bond acceptors (Lipinski definition) is 6. The molecular formula is C14H12O6. The van der Waals surface area contributed by atoms with Crippen molar-refractivity contribution in [1.82, 2.24) is 0 Å². The molecule has 6 heteroatoms. The van der Waals surface area contributed by atoms with Crippen molar-refractivity contribution in [1.29, 1.82) is 0 Å². The molecule has 0 bridgehead atoms. The third-order valence-electron chi connectivity index (χ3n) is 2.42. The van der Waals surface area contributed by atoms with Gasteiger partial charge in [0.2, 0.25) is 0 Å². The van der Waals surface area contributed by atoms with Crippen LogP contribution in [0, 0.1) is 6.92 Å². The lowest BCUT2D eigenvalue weighted by molar-refractivity contribution is -0.134. The highest BCUT2D eigenvalue weighted by Gasteiger charge is 2.15. The van der Waals surface area contributed by atoms with Crippen LogP contribution in [0.2, 0.25) is 0 Å². The summed E-state index contributed by atoms with van der Waals surface area (Å²) in [4.78, 5) is 34.0. The summed E-state index contributed by atoms with van der Waals surface area (Å²) in [7, 11) is 0. The number of hydrogen-bond donors (Lipinski definition) is 0. The van der Waals surface area contributed by atoms with E-state index in [0.717, 1.165) is 0 Å². The van der Waals surface area contributed by atoms with E-state index in [0.29, 0.717) is 5.76 Å². The molecule has 0 radical (unpaired) electrons. The van der Waals surface area contributed by atoms with Gasteiger partial charge in [-0.05, 0) is 13.0 Å². The van der Waals surface area contributed by atoms with Gasteiger partial charge in [0.25, 0.3) is 0 Å². The van der Waals surface area contributed by atoms with Gasteiger partial charge in [-0.3, -0.25) is 14.4 Å². The van der Waals surface area contributed by atoms with Gasteiger partial charge in [-0.2, -0.15) is 0 Å². The number of ether oxygens (including phenoxy) is 2. The maximum absolute atomic E-state index is 11.9. The van der Waals surface area contributed by atoms with E-state index < -0.39 is 11.9 Å². The highest BCUT2D eigenvalue weighted by molar-refractivity contribution is 5.84. The highest BCUT2D eigenvalue weighted by Crippen LogP contribution is 2.32. The fourth-order valence-corrected chi connectivity index (χ4v) is 1.75. The van der Waals surface area contributed by atoms with Crippen LogP contribution in [0.3, 0.4) is 0 Å². The molecule has 0 spiro atoms. The first kappa shape index (κ1) is 13.8. The average Bonchev–Trinajstić information content (AvgIpc) is 2.29. The van der Waals surface area contributed by atoms with E-state index in [9.17, 15) is 14.4 Å². The molecule has 104 valence electrons. The third-order valence-corrected chi connectivity index (χ3v) is 2.42. The standard InChI is InChI=1S/C14H12O6/c1-7-4-11(17)10-5-13(19-8(2)15)14(20-9(3)16)6-12(10)18-7/h4-6H,1-3H3. The van der Waals surface area contributed by atoms with Crippen molar-refractivity contribution in [2.75, 3.05) is 0 Å². The maximum Gasteiger partial charge on any atom is 0.308 e. The Kier molecular flexibility index (Phi) is 3.56. The Morgan fingerprint density at radius 1 is 1.00 bits per heavy atom. The molecule has 2 aromatic rings. The van der Waals surface area contributed by atoms with Crippen LogP contribution in [0.1, 0.15) is 19.6 Å². The van der Waals surface area contributed by atoms with Gasteiger partial charge < -0.3 is 13.9 Å². The Balaban J connectivity index is 2.70. The Hall–Kier alpha value is -2.63. The van der Waals surface area contributed by atoms with Crippen molar-refractivity contribution < 1.29 is 23.5 Å². The number of benzene rings is 1. The molecule has 0 saturated carbocycles. The zero-order valence-corrected chi connectivity index (χ0v) is 11.2. The van der Waals surface area contributed by atoms with Crippen LogP contribution in [-0.2, 0) is 9.59 Å². The monoisotopic (exact) mass is 276 g/mol. The molecule has 0 aliphatic carbocycles. The van der Waals surface area contributed by atoms with Gasteiger partial charge in [-0.1, -0.05) is 0 Å². The second kappa shape index (κ2) is 5.16. The first-order valence-electron chi connectivity index (χ1n) is 5.82. The van der Waals surface area contributed by atoms with Gasteiger partial charge in [0, 0.05) is 26.0 Å². The van der Waals surface area contributed by atoms with E-state index in [-0.39, 0.29) is 27.9 Å². The normalized spacial score (nSPS) is 10.3. The molecule has 2 rings (SSSR count).